The summed E-state index contributed by atoms with van der Waals surface area (Å²) in [5, 5.41) is 14.9. The third kappa shape index (κ3) is 18.9. The van der Waals surface area contributed by atoms with Crippen LogP contribution in [-0.4, -0.2) is 110 Å². The van der Waals surface area contributed by atoms with Crippen LogP contribution in [0.4, 0.5) is 0 Å². The molecule has 684 valence electrons. The summed E-state index contributed by atoms with van der Waals surface area (Å²) in [5.41, 5.74) is 38.5. The summed E-state index contributed by atoms with van der Waals surface area (Å²) in [5.74, 6) is 6.95. The molecule has 16 aromatic rings. The number of ether oxygens (including phenoxy) is 12. The van der Waals surface area contributed by atoms with E-state index in [9.17, 15) is 0 Å². The molecule has 12 heteroatoms. The first-order valence-electron chi connectivity index (χ1n) is 46.9. The molecular formula is C120H132O12. The van der Waals surface area contributed by atoms with Gasteiger partial charge in [0.1, 0.15) is 46.0 Å². The molecule has 16 aromatic carbocycles. The normalized spacial score (nSPS) is 13.5. The molecular weight excluding hydrogens is 1630 g/mol. The van der Waals surface area contributed by atoms with Crippen LogP contribution in [0.2, 0.25) is 0 Å². The van der Waals surface area contributed by atoms with Crippen LogP contribution in [0.15, 0.2) is 170 Å². The monoisotopic (exact) mass is 1760 g/mol. The molecule has 0 aliphatic carbocycles. The second-order valence-electron chi connectivity index (χ2n) is 36.4. The van der Waals surface area contributed by atoms with Crippen molar-refractivity contribution in [1.82, 2.24) is 0 Å². The summed E-state index contributed by atoms with van der Waals surface area (Å²) in [6.45, 7) is 43.2. The summed E-state index contributed by atoms with van der Waals surface area (Å²) in [7, 11) is 13.9. The Morgan fingerprint density at radius 1 is 0.152 bits per heavy atom. The molecule has 0 N–H and O–H groups in total. The van der Waals surface area contributed by atoms with Crippen molar-refractivity contribution in [2.24, 2.45) is 0 Å². The van der Waals surface area contributed by atoms with E-state index in [4.69, 9.17) is 56.8 Å². The summed E-state index contributed by atoms with van der Waals surface area (Å²) >= 11 is 0. The lowest BCUT2D eigenvalue weighted by Crippen LogP contribution is -2.00. The van der Waals surface area contributed by atoms with Crippen molar-refractivity contribution in [3.8, 4) is 135 Å². The molecule has 0 unspecified atom stereocenters. The molecule has 0 atom stereocenters. The Kier molecular flexibility index (Phi) is 29.6. The van der Waals surface area contributed by atoms with Gasteiger partial charge in [-0.1, -0.05) is 48.5 Å². The predicted octanol–water partition coefficient (Wildman–Crippen LogP) is 30.7. The number of hydrogen-bond donors (Lipinski definition) is 0. The highest BCUT2D eigenvalue weighted by molar-refractivity contribution is 6.34. The zero-order valence-electron chi connectivity index (χ0n) is 82.4. The van der Waals surface area contributed by atoms with Crippen molar-refractivity contribution in [2.45, 2.75) is 162 Å². The van der Waals surface area contributed by atoms with Gasteiger partial charge in [0.15, 0.2) is 0 Å². The van der Waals surface area contributed by atoms with Gasteiger partial charge in [0.2, 0.25) is 0 Å². The molecule has 132 heavy (non-hydrogen) atoms. The highest BCUT2D eigenvalue weighted by Crippen LogP contribution is 2.56. The zero-order chi connectivity index (χ0) is 93.6. The number of aryl methyl sites for hydroxylation is 16. The van der Waals surface area contributed by atoms with Crippen molar-refractivity contribution < 1.29 is 56.8 Å². The maximum Gasteiger partial charge on any atom is 0.119 e. The molecule has 0 saturated carbocycles. The largest absolute Gasteiger partial charge is 0.497 e. The Hall–Kier alpha value is -12.2. The number of rotatable bonds is 16. The van der Waals surface area contributed by atoms with Gasteiger partial charge in [-0.2, -0.15) is 0 Å². The van der Waals surface area contributed by atoms with Gasteiger partial charge in [0, 0.05) is 52.9 Å². The second-order valence-corrected chi connectivity index (χ2v) is 36.4. The minimum atomic E-state index is 0.869. The molecule has 0 radical (unpaired) electrons. The van der Waals surface area contributed by atoms with E-state index < -0.39 is 0 Å². The van der Waals surface area contributed by atoms with Crippen LogP contribution in [0.1, 0.15) is 140 Å². The smallest absolute Gasteiger partial charge is 0.119 e. The maximum atomic E-state index is 5.74. The SMILES string of the molecule is C1CCOC1.C1CCOC1.C1CCOC1.C1CCOC1.COc1cc(C)c(-c2cc(-c3c(C)cc(OC)cc3C)c3ccc4c(-c5c(C)cc(OC)cc5C)cc(-c5c(C)cc(OC)cc5C)c5ccc2c3c54)c(C)c1.COc1cc(C)c(-c2cc(-c3c(C)cc(OC)cc3C)c3ccc4c(-c5c(C)cc(OC)cc5C)cc(-c5c(C)cc(OC)cc5C)c5ccc2c3c54)c(C)c1. The van der Waals surface area contributed by atoms with Gasteiger partial charge < -0.3 is 56.8 Å². The van der Waals surface area contributed by atoms with Gasteiger partial charge in [-0.15, -0.1) is 0 Å². The molecule has 4 heterocycles. The van der Waals surface area contributed by atoms with Crippen LogP contribution >= 0.6 is 0 Å². The highest BCUT2D eigenvalue weighted by atomic mass is 16.5. The standard InChI is InChI=1S/2C52H50O4.4C4H8O/c2*1-27-17-35(53-9)18-28(2)47(27)43-25-44(48-29(3)19-36(54-10)20-30(48)4)40-15-16-42-46(50-33(7)23-38(56-12)24-34(50)8)26-45(41-14-13-39(43)51(40)52(41)42)49-31(5)21-37(55-11)22-32(49)6;4*1-2-4-5-3-1/h2*13-26H,1-12H3;4*1-4H2. The van der Waals surface area contributed by atoms with Crippen LogP contribution in [0, 0.1) is 111 Å². The van der Waals surface area contributed by atoms with Crippen LogP contribution < -0.4 is 37.9 Å². The average Bonchev–Trinajstić information content (AvgIpc) is 0.923. The molecule has 4 aliphatic rings. The predicted molar refractivity (Wildman–Crippen MR) is 552 cm³/mol. The highest BCUT2D eigenvalue weighted by Gasteiger charge is 2.30. The lowest BCUT2D eigenvalue weighted by Gasteiger charge is -2.25. The quantitative estimate of drug-likeness (QED) is 0.0859. The average molecular weight is 1770 g/mol. The fraction of sp³-hybridized carbons (Fsp3) is 0.333. The third-order valence-corrected chi connectivity index (χ3v) is 27.2. The molecule has 0 bridgehead atoms. The van der Waals surface area contributed by atoms with Crippen LogP contribution in [-0.2, 0) is 18.9 Å². The lowest BCUT2D eigenvalue weighted by molar-refractivity contribution is 0.198. The molecule has 12 nitrogen and oxygen atoms in total. The zero-order valence-corrected chi connectivity index (χ0v) is 82.4. The molecule has 20 rings (SSSR count). The van der Waals surface area contributed by atoms with E-state index in [0.29, 0.717) is 0 Å². The van der Waals surface area contributed by atoms with Crippen molar-refractivity contribution >= 4 is 64.6 Å². The van der Waals surface area contributed by atoms with Gasteiger partial charge in [0.05, 0.1) is 56.9 Å². The second kappa shape index (κ2) is 41.3. The Balaban J connectivity index is 0.000000166. The van der Waals surface area contributed by atoms with Crippen LogP contribution in [0.25, 0.3) is 154 Å². The van der Waals surface area contributed by atoms with E-state index >= 15 is 0 Å². The molecule has 4 fully saturated rings. The number of benzene rings is 16. The van der Waals surface area contributed by atoms with E-state index in [1.165, 1.54) is 294 Å². The summed E-state index contributed by atoms with van der Waals surface area (Å²) in [4.78, 5) is 0. The minimum Gasteiger partial charge on any atom is -0.497 e. The number of methoxy groups -OCH3 is 8. The summed E-state index contributed by atoms with van der Waals surface area (Å²) in [6, 6.07) is 63.1. The van der Waals surface area contributed by atoms with Gasteiger partial charge >= 0.3 is 0 Å². The van der Waals surface area contributed by atoms with Gasteiger partial charge in [-0.25, -0.2) is 0 Å². The van der Waals surface area contributed by atoms with Crippen LogP contribution in [0.3, 0.4) is 0 Å². The third-order valence-electron chi connectivity index (χ3n) is 27.2. The first-order valence-corrected chi connectivity index (χ1v) is 46.9. The molecule has 4 aliphatic heterocycles. The minimum absolute atomic E-state index is 0.869. The molecule has 0 amide bonds. The topological polar surface area (TPSA) is 111 Å². The van der Waals surface area contributed by atoms with Gasteiger partial charge in [-0.3, -0.25) is 0 Å². The first kappa shape index (κ1) is 94.5. The van der Waals surface area contributed by atoms with E-state index in [0.717, 1.165) is 98.9 Å². The molecule has 4 saturated heterocycles. The van der Waals surface area contributed by atoms with Crippen molar-refractivity contribution in [1.29, 1.82) is 0 Å². The Bertz CT molecular complexity index is 5530. The summed E-state index contributed by atoms with van der Waals surface area (Å²) in [6.07, 6.45) is 10.2. The van der Waals surface area contributed by atoms with E-state index in [1.54, 1.807) is 56.9 Å². The number of hydrogen-bond acceptors (Lipinski definition) is 12. The van der Waals surface area contributed by atoms with Crippen molar-refractivity contribution in [3.63, 3.8) is 0 Å². The Labute approximate surface area is 782 Å². The van der Waals surface area contributed by atoms with Crippen molar-refractivity contribution in [2.75, 3.05) is 110 Å². The molecule has 0 spiro atoms. The van der Waals surface area contributed by atoms with Crippen molar-refractivity contribution in [3.05, 3.63) is 259 Å². The fourth-order valence-corrected chi connectivity index (χ4v) is 21.4. The Morgan fingerprint density at radius 3 is 0.326 bits per heavy atom. The lowest BCUT2D eigenvalue weighted by atomic mass is 9.79. The first-order chi connectivity index (χ1) is 63.8. The van der Waals surface area contributed by atoms with Crippen LogP contribution in [0.5, 0.6) is 46.0 Å². The summed E-state index contributed by atoms with van der Waals surface area (Å²) < 4.78 is 65.7. The van der Waals surface area contributed by atoms with Gasteiger partial charge in [0.25, 0.3) is 0 Å². The maximum absolute atomic E-state index is 5.74. The van der Waals surface area contributed by atoms with E-state index in [-0.39, 0.29) is 0 Å². The fourth-order valence-electron chi connectivity index (χ4n) is 21.4. The molecule has 0 aromatic heterocycles. The van der Waals surface area contributed by atoms with E-state index in [1.807, 2.05) is 0 Å². The Morgan fingerprint density at radius 2 is 0.250 bits per heavy atom. The van der Waals surface area contributed by atoms with Gasteiger partial charge in [-0.05, 0) is 526 Å². The van der Waals surface area contributed by atoms with E-state index in [2.05, 4.69) is 281 Å².